The predicted octanol–water partition coefficient (Wildman–Crippen LogP) is 2.13. The van der Waals surface area contributed by atoms with Crippen molar-refractivity contribution in [1.82, 2.24) is 19.4 Å². The fraction of sp³-hybridized carbons (Fsp3) is 0.450. The quantitative estimate of drug-likeness (QED) is 0.633. The van der Waals surface area contributed by atoms with Crippen molar-refractivity contribution in [3.8, 4) is 0 Å². The lowest BCUT2D eigenvalue weighted by atomic mass is 10.2. The molecule has 7 nitrogen and oxygen atoms in total. The van der Waals surface area contributed by atoms with E-state index in [2.05, 4.69) is 25.1 Å². The lowest BCUT2D eigenvalue weighted by molar-refractivity contribution is 0.186. The third-order valence-electron chi connectivity index (χ3n) is 5.13. The number of methoxy groups -OCH3 is 1. The fourth-order valence-electron chi connectivity index (χ4n) is 3.57. The summed E-state index contributed by atoms with van der Waals surface area (Å²) >= 11 is 1.71. The van der Waals surface area contributed by atoms with Crippen LogP contribution < -0.4 is 10.5 Å². The van der Waals surface area contributed by atoms with Crippen LogP contribution in [-0.2, 0) is 17.8 Å². The predicted molar refractivity (Wildman–Crippen MR) is 112 cm³/mol. The van der Waals surface area contributed by atoms with Crippen molar-refractivity contribution in [3.05, 3.63) is 51.0 Å². The van der Waals surface area contributed by atoms with Crippen molar-refractivity contribution in [1.29, 1.82) is 0 Å². The van der Waals surface area contributed by atoms with Crippen LogP contribution in [0.5, 0.6) is 0 Å². The molecule has 0 amide bonds. The second kappa shape index (κ2) is 8.38. The number of aryl methyl sites for hydroxylation is 1. The molecule has 8 heteroatoms. The summed E-state index contributed by atoms with van der Waals surface area (Å²) < 4.78 is 6.66. The molecule has 0 saturated carbocycles. The van der Waals surface area contributed by atoms with Crippen LogP contribution in [-0.4, -0.2) is 59.3 Å². The van der Waals surface area contributed by atoms with Gasteiger partial charge in [0, 0.05) is 50.9 Å². The number of aromatic nitrogens is 3. The van der Waals surface area contributed by atoms with E-state index in [0.717, 1.165) is 54.6 Å². The van der Waals surface area contributed by atoms with Gasteiger partial charge in [-0.05, 0) is 25.1 Å². The molecule has 4 rings (SSSR count). The third kappa shape index (κ3) is 4.09. The van der Waals surface area contributed by atoms with E-state index >= 15 is 0 Å². The summed E-state index contributed by atoms with van der Waals surface area (Å²) in [5, 5.41) is 3.93. The highest BCUT2D eigenvalue weighted by Gasteiger charge is 2.19. The number of ether oxygens (including phenoxy) is 1. The highest BCUT2D eigenvalue weighted by Crippen LogP contribution is 2.21. The second-order valence-corrected chi connectivity index (χ2v) is 8.12. The van der Waals surface area contributed by atoms with Crippen molar-refractivity contribution < 1.29 is 4.74 Å². The van der Waals surface area contributed by atoms with Gasteiger partial charge in [-0.25, -0.2) is 9.97 Å². The van der Waals surface area contributed by atoms with Gasteiger partial charge in [0.1, 0.15) is 0 Å². The van der Waals surface area contributed by atoms with Crippen molar-refractivity contribution >= 4 is 27.9 Å². The normalized spacial score (nSPS) is 15.4. The first-order chi connectivity index (χ1) is 13.6. The lowest BCUT2D eigenvalue weighted by Gasteiger charge is -2.35. The molecule has 1 saturated heterocycles. The number of rotatable bonds is 6. The molecule has 3 heterocycles. The van der Waals surface area contributed by atoms with E-state index in [-0.39, 0.29) is 5.56 Å². The minimum Gasteiger partial charge on any atom is -0.383 e. The van der Waals surface area contributed by atoms with Gasteiger partial charge in [0.2, 0.25) is 0 Å². The van der Waals surface area contributed by atoms with Crippen molar-refractivity contribution in [3.63, 3.8) is 0 Å². The molecule has 0 N–H and O–H groups in total. The van der Waals surface area contributed by atoms with E-state index in [0.29, 0.717) is 18.5 Å². The van der Waals surface area contributed by atoms with Gasteiger partial charge in [-0.15, -0.1) is 11.3 Å². The largest absolute Gasteiger partial charge is 0.383 e. The van der Waals surface area contributed by atoms with Gasteiger partial charge < -0.3 is 9.64 Å². The first-order valence-corrected chi connectivity index (χ1v) is 10.4. The maximum atomic E-state index is 12.6. The molecule has 0 bridgehead atoms. The van der Waals surface area contributed by atoms with Gasteiger partial charge >= 0.3 is 0 Å². The summed E-state index contributed by atoms with van der Waals surface area (Å²) in [5.74, 6) is 0. The van der Waals surface area contributed by atoms with E-state index in [9.17, 15) is 4.79 Å². The number of piperazine rings is 1. The molecular formula is C20H25N5O2S. The Morgan fingerprint density at radius 1 is 1.21 bits per heavy atom. The molecule has 28 heavy (non-hydrogen) atoms. The number of anilines is 1. The Labute approximate surface area is 168 Å². The van der Waals surface area contributed by atoms with E-state index in [4.69, 9.17) is 4.74 Å². The Kier molecular flexibility index (Phi) is 5.70. The summed E-state index contributed by atoms with van der Waals surface area (Å²) in [6, 6.07) is 5.95. The number of nitrogens with zero attached hydrogens (tertiary/aromatic N) is 5. The van der Waals surface area contributed by atoms with Gasteiger partial charge in [0.25, 0.3) is 5.56 Å². The summed E-state index contributed by atoms with van der Waals surface area (Å²) in [6.45, 7) is 7.89. The average Bonchev–Trinajstić information content (AvgIpc) is 3.12. The van der Waals surface area contributed by atoms with E-state index in [1.54, 1.807) is 29.3 Å². The first kappa shape index (κ1) is 19.0. The number of hydrogen-bond donors (Lipinski definition) is 0. The number of hydrogen-bond acceptors (Lipinski definition) is 7. The maximum absolute atomic E-state index is 12.6. The van der Waals surface area contributed by atoms with Crippen LogP contribution in [0, 0.1) is 6.92 Å². The van der Waals surface area contributed by atoms with Crippen LogP contribution in [0.3, 0.4) is 0 Å². The van der Waals surface area contributed by atoms with E-state index < -0.39 is 0 Å². The second-order valence-electron chi connectivity index (χ2n) is 7.06. The molecule has 148 valence electrons. The number of benzene rings is 1. The van der Waals surface area contributed by atoms with Crippen LogP contribution in [0.4, 0.5) is 5.69 Å². The maximum Gasteiger partial charge on any atom is 0.261 e. The summed E-state index contributed by atoms with van der Waals surface area (Å²) in [7, 11) is 1.63. The van der Waals surface area contributed by atoms with Crippen LogP contribution in [0.25, 0.3) is 10.9 Å². The minimum absolute atomic E-state index is 0.0167. The third-order valence-corrected chi connectivity index (χ3v) is 5.96. The molecule has 1 aliphatic heterocycles. The summed E-state index contributed by atoms with van der Waals surface area (Å²) in [4.78, 5) is 26.4. The molecular weight excluding hydrogens is 374 g/mol. The SMILES string of the molecule is COCCn1cnc2cc(N3CCN(Cc4csc(C)n4)CC3)ccc2c1=O. The first-order valence-electron chi connectivity index (χ1n) is 9.50. The Balaban J connectivity index is 1.44. The van der Waals surface area contributed by atoms with Crippen molar-refractivity contribution in [2.24, 2.45) is 0 Å². The van der Waals surface area contributed by atoms with Gasteiger partial charge in [-0.1, -0.05) is 0 Å². The highest BCUT2D eigenvalue weighted by atomic mass is 32.1. The standard InChI is InChI=1S/C20H25N5O2S/c1-15-22-16(13-28-15)12-23-5-7-24(8-6-23)17-3-4-18-19(11-17)21-14-25(20(18)26)9-10-27-2/h3-4,11,13-14H,5-10,12H2,1-2H3. The Hall–Kier alpha value is -2.29. The Morgan fingerprint density at radius 3 is 2.75 bits per heavy atom. The van der Waals surface area contributed by atoms with Crippen LogP contribution in [0.2, 0.25) is 0 Å². The smallest absolute Gasteiger partial charge is 0.261 e. The topological polar surface area (TPSA) is 63.5 Å². The molecule has 3 aromatic rings. The average molecular weight is 400 g/mol. The fourth-order valence-corrected chi connectivity index (χ4v) is 4.17. The van der Waals surface area contributed by atoms with Gasteiger partial charge in [-0.2, -0.15) is 0 Å². The zero-order valence-electron chi connectivity index (χ0n) is 16.3. The molecule has 0 spiro atoms. The van der Waals surface area contributed by atoms with Crippen LogP contribution in [0.15, 0.2) is 34.7 Å². The summed E-state index contributed by atoms with van der Waals surface area (Å²) in [5.41, 5.74) is 3.02. The molecule has 0 radical (unpaired) electrons. The monoisotopic (exact) mass is 399 g/mol. The minimum atomic E-state index is -0.0167. The zero-order chi connectivity index (χ0) is 19.5. The molecule has 0 aliphatic carbocycles. The van der Waals surface area contributed by atoms with E-state index in [1.807, 2.05) is 25.1 Å². The van der Waals surface area contributed by atoms with Gasteiger partial charge in [0.15, 0.2) is 0 Å². The van der Waals surface area contributed by atoms with Gasteiger partial charge in [0.05, 0.1) is 41.1 Å². The molecule has 1 aromatic carbocycles. The summed E-state index contributed by atoms with van der Waals surface area (Å²) in [6.07, 6.45) is 1.61. The molecule has 1 fully saturated rings. The Bertz CT molecular complexity index is 1010. The lowest BCUT2D eigenvalue weighted by Crippen LogP contribution is -2.46. The molecule has 0 unspecified atom stereocenters. The highest BCUT2D eigenvalue weighted by molar-refractivity contribution is 7.09. The molecule has 1 aliphatic rings. The van der Waals surface area contributed by atoms with Crippen LogP contribution >= 0.6 is 11.3 Å². The zero-order valence-corrected chi connectivity index (χ0v) is 17.1. The number of thiazole rings is 1. The number of fused-ring (bicyclic) bond motifs is 1. The molecule has 2 aromatic heterocycles. The van der Waals surface area contributed by atoms with Crippen molar-refractivity contribution in [2.45, 2.75) is 20.0 Å². The van der Waals surface area contributed by atoms with Crippen molar-refractivity contribution in [2.75, 3.05) is 44.8 Å². The Morgan fingerprint density at radius 2 is 2.04 bits per heavy atom. The van der Waals surface area contributed by atoms with Crippen LogP contribution in [0.1, 0.15) is 10.7 Å². The van der Waals surface area contributed by atoms with Gasteiger partial charge in [-0.3, -0.25) is 14.3 Å². The van der Waals surface area contributed by atoms with E-state index in [1.165, 1.54) is 0 Å². The molecule has 0 atom stereocenters.